The average molecular weight is 138 g/mol. The molecule has 0 fully saturated rings. The average Bonchev–Trinajstić information content (AvgIpc) is 1.98. The van der Waals surface area contributed by atoms with Gasteiger partial charge in [-0.1, -0.05) is 43.9 Å². The summed E-state index contributed by atoms with van der Waals surface area (Å²) in [7, 11) is 0. The van der Waals surface area contributed by atoms with Crippen molar-refractivity contribution in [2.75, 3.05) is 6.61 Å². The maximum atomic E-state index is 8.68. The minimum Gasteiger partial charge on any atom is -0.396 e. The summed E-state index contributed by atoms with van der Waals surface area (Å²) in [4.78, 5) is 0. The largest absolute Gasteiger partial charge is 0.396 e. The molecular formula is C9H14O. The van der Waals surface area contributed by atoms with Crippen LogP contribution in [0.2, 0.25) is 0 Å². The van der Waals surface area contributed by atoms with Crippen LogP contribution in [0.25, 0.3) is 0 Å². The Balaban J connectivity index is 3.83. The van der Waals surface area contributed by atoms with E-state index in [1.165, 1.54) is 0 Å². The van der Waals surface area contributed by atoms with Gasteiger partial charge in [-0.05, 0) is 0 Å². The number of hydrogen-bond donors (Lipinski definition) is 1. The Morgan fingerprint density at radius 3 is 2.70 bits per heavy atom. The van der Waals surface area contributed by atoms with E-state index in [0.29, 0.717) is 0 Å². The minimum absolute atomic E-state index is 0.149. The van der Waals surface area contributed by atoms with Crippen LogP contribution in [-0.4, -0.2) is 11.7 Å². The van der Waals surface area contributed by atoms with E-state index in [0.717, 1.165) is 5.57 Å². The fraction of sp³-hybridized carbons (Fsp3) is 0.333. The predicted octanol–water partition coefficient (Wildman–Crippen LogP) is 1.91. The Morgan fingerprint density at radius 2 is 2.30 bits per heavy atom. The highest BCUT2D eigenvalue weighted by molar-refractivity contribution is 5.20. The van der Waals surface area contributed by atoms with Crippen molar-refractivity contribution in [2.45, 2.75) is 6.92 Å². The first kappa shape index (κ1) is 9.18. The van der Waals surface area contributed by atoms with Gasteiger partial charge in [-0.3, -0.25) is 0 Å². The zero-order valence-corrected chi connectivity index (χ0v) is 6.38. The molecule has 0 aromatic rings. The quantitative estimate of drug-likeness (QED) is 0.588. The molecule has 0 aliphatic rings. The molecule has 0 spiro atoms. The highest BCUT2D eigenvalue weighted by Crippen LogP contribution is 2.07. The summed E-state index contributed by atoms with van der Waals surface area (Å²) in [5.41, 5.74) is 0.933. The Hall–Kier alpha value is -0.820. The molecule has 0 aliphatic carbocycles. The Bertz CT molecular complexity index is 145. The van der Waals surface area contributed by atoms with Crippen LogP contribution in [0.15, 0.2) is 37.0 Å². The number of hydrogen-bond acceptors (Lipinski definition) is 1. The van der Waals surface area contributed by atoms with Crippen molar-refractivity contribution >= 4 is 0 Å². The molecule has 10 heavy (non-hydrogen) atoms. The van der Waals surface area contributed by atoms with Gasteiger partial charge in [-0.2, -0.15) is 0 Å². The smallest absolute Gasteiger partial charge is 0.0496 e. The lowest BCUT2D eigenvalue weighted by atomic mass is 10.0. The third kappa shape index (κ3) is 3.25. The molecule has 1 N–H and O–H groups in total. The summed E-state index contributed by atoms with van der Waals surface area (Å²) in [6.07, 6.45) is 5.36. The van der Waals surface area contributed by atoms with Gasteiger partial charge in [0.25, 0.3) is 0 Å². The molecule has 0 radical (unpaired) electrons. The standard InChI is InChI=1S/C9H14O/c1-4-5-6-8(2)9(3)7-10/h4-6,9-10H,1-2,7H2,3H3/b6-5-. The van der Waals surface area contributed by atoms with Gasteiger partial charge in [0, 0.05) is 12.5 Å². The summed E-state index contributed by atoms with van der Waals surface area (Å²) >= 11 is 0. The Labute approximate surface area is 62.4 Å². The lowest BCUT2D eigenvalue weighted by molar-refractivity contribution is 0.258. The second kappa shape index (κ2) is 5.00. The summed E-state index contributed by atoms with van der Waals surface area (Å²) in [5.74, 6) is 0.149. The Kier molecular flexibility index (Phi) is 4.59. The van der Waals surface area contributed by atoms with Crippen LogP contribution in [0.5, 0.6) is 0 Å². The van der Waals surface area contributed by atoms with Crippen LogP contribution < -0.4 is 0 Å². The van der Waals surface area contributed by atoms with Crippen molar-refractivity contribution in [2.24, 2.45) is 5.92 Å². The SMILES string of the molecule is C=C/C=C\C(=C)C(C)CO. The van der Waals surface area contributed by atoms with Crippen molar-refractivity contribution in [3.63, 3.8) is 0 Å². The molecule has 1 heteroatoms. The second-order valence-electron chi connectivity index (χ2n) is 2.25. The van der Waals surface area contributed by atoms with Gasteiger partial charge in [0.1, 0.15) is 0 Å². The van der Waals surface area contributed by atoms with E-state index >= 15 is 0 Å². The molecule has 0 amide bonds. The van der Waals surface area contributed by atoms with Gasteiger partial charge in [0.2, 0.25) is 0 Å². The lowest BCUT2D eigenvalue weighted by Crippen LogP contribution is -2.00. The molecule has 1 unspecified atom stereocenters. The minimum atomic E-state index is 0.149. The molecule has 1 nitrogen and oxygen atoms in total. The van der Waals surface area contributed by atoms with E-state index in [1.807, 2.05) is 19.1 Å². The van der Waals surface area contributed by atoms with E-state index in [4.69, 9.17) is 5.11 Å². The monoisotopic (exact) mass is 138 g/mol. The van der Waals surface area contributed by atoms with Crippen molar-refractivity contribution < 1.29 is 5.11 Å². The fourth-order valence-corrected chi connectivity index (χ4v) is 0.473. The number of rotatable bonds is 4. The van der Waals surface area contributed by atoms with Crippen LogP contribution in [0.4, 0.5) is 0 Å². The van der Waals surface area contributed by atoms with Crippen LogP contribution in [0.1, 0.15) is 6.92 Å². The van der Waals surface area contributed by atoms with E-state index in [1.54, 1.807) is 6.08 Å². The molecular weight excluding hydrogens is 124 g/mol. The molecule has 0 aliphatic heterocycles. The summed E-state index contributed by atoms with van der Waals surface area (Å²) in [6.45, 7) is 9.38. The molecule has 0 heterocycles. The first-order valence-electron chi connectivity index (χ1n) is 3.31. The van der Waals surface area contributed by atoms with Gasteiger partial charge in [0.15, 0.2) is 0 Å². The van der Waals surface area contributed by atoms with E-state index in [2.05, 4.69) is 13.2 Å². The highest BCUT2D eigenvalue weighted by atomic mass is 16.3. The fourth-order valence-electron chi connectivity index (χ4n) is 0.473. The van der Waals surface area contributed by atoms with Crippen LogP contribution in [0, 0.1) is 5.92 Å². The zero-order valence-electron chi connectivity index (χ0n) is 6.38. The number of aliphatic hydroxyl groups is 1. The third-order valence-electron chi connectivity index (χ3n) is 1.35. The number of aliphatic hydroxyl groups excluding tert-OH is 1. The Morgan fingerprint density at radius 1 is 1.70 bits per heavy atom. The van der Waals surface area contributed by atoms with Gasteiger partial charge in [0.05, 0.1) is 0 Å². The molecule has 0 rings (SSSR count). The molecule has 0 aromatic carbocycles. The van der Waals surface area contributed by atoms with Crippen LogP contribution in [-0.2, 0) is 0 Å². The van der Waals surface area contributed by atoms with Crippen LogP contribution >= 0.6 is 0 Å². The maximum Gasteiger partial charge on any atom is 0.0496 e. The van der Waals surface area contributed by atoms with Crippen molar-refractivity contribution in [3.05, 3.63) is 37.0 Å². The van der Waals surface area contributed by atoms with Crippen LogP contribution in [0.3, 0.4) is 0 Å². The van der Waals surface area contributed by atoms with Gasteiger partial charge >= 0.3 is 0 Å². The van der Waals surface area contributed by atoms with Crippen molar-refractivity contribution in [1.29, 1.82) is 0 Å². The summed E-state index contributed by atoms with van der Waals surface area (Å²) in [6, 6.07) is 0. The van der Waals surface area contributed by atoms with E-state index in [-0.39, 0.29) is 12.5 Å². The van der Waals surface area contributed by atoms with Gasteiger partial charge in [-0.25, -0.2) is 0 Å². The van der Waals surface area contributed by atoms with E-state index in [9.17, 15) is 0 Å². The predicted molar refractivity (Wildman–Crippen MR) is 44.7 cm³/mol. The zero-order chi connectivity index (χ0) is 7.98. The first-order chi connectivity index (χ1) is 4.72. The van der Waals surface area contributed by atoms with Crippen molar-refractivity contribution in [3.8, 4) is 0 Å². The molecule has 0 aromatic heterocycles. The summed E-state index contributed by atoms with van der Waals surface area (Å²) < 4.78 is 0. The molecule has 0 bridgehead atoms. The topological polar surface area (TPSA) is 20.2 Å². The second-order valence-corrected chi connectivity index (χ2v) is 2.25. The summed E-state index contributed by atoms with van der Waals surface area (Å²) in [5, 5.41) is 8.68. The van der Waals surface area contributed by atoms with Gasteiger partial charge < -0.3 is 5.11 Å². The highest BCUT2D eigenvalue weighted by Gasteiger charge is 1.99. The van der Waals surface area contributed by atoms with Gasteiger partial charge in [-0.15, -0.1) is 0 Å². The van der Waals surface area contributed by atoms with E-state index < -0.39 is 0 Å². The molecule has 56 valence electrons. The molecule has 1 atom stereocenters. The third-order valence-corrected chi connectivity index (χ3v) is 1.35. The molecule has 0 saturated carbocycles. The van der Waals surface area contributed by atoms with Crippen molar-refractivity contribution in [1.82, 2.24) is 0 Å². The maximum absolute atomic E-state index is 8.68. The lowest BCUT2D eigenvalue weighted by Gasteiger charge is -2.05. The molecule has 0 saturated heterocycles. The normalized spacial score (nSPS) is 13.4. The number of allylic oxidation sites excluding steroid dienone is 3. The first-order valence-corrected chi connectivity index (χ1v) is 3.31.